The number of morpholine rings is 1. The van der Waals surface area contributed by atoms with E-state index in [1.54, 1.807) is 6.33 Å². The Morgan fingerprint density at radius 3 is 3.00 bits per heavy atom. The van der Waals surface area contributed by atoms with Crippen molar-refractivity contribution in [2.45, 2.75) is 51.9 Å². The standard InChI is InChI=1S/C14H26N4O2/c1-4-5-17-6-7-20-13(9-17)12(19)8-14-15-10-16-18(14)11(2)3/h10-13,19H,4-9H2,1-3H3. The fourth-order valence-corrected chi connectivity index (χ4v) is 2.65. The lowest BCUT2D eigenvalue weighted by molar-refractivity contribution is -0.0884. The highest BCUT2D eigenvalue weighted by molar-refractivity contribution is 4.92. The summed E-state index contributed by atoms with van der Waals surface area (Å²) in [7, 11) is 0. The van der Waals surface area contributed by atoms with Crippen molar-refractivity contribution in [3.05, 3.63) is 12.2 Å². The third kappa shape index (κ3) is 3.77. The van der Waals surface area contributed by atoms with Gasteiger partial charge in [-0.2, -0.15) is 5.10 Å². The quantitative estimate of drug-likeness (QED) is 0.839. The summed E-state index contributed by atoms with van der Waals surface area (Å²) >= 11 is 0. The highest BCUT2D eigenvalue weighted by atomic mass is 16.5. The maximum Gasteiger partial charge on any atom is 0.138 e. The number of nitrogens with zero attached hydrogens (tertiary/aromatic N) is 4. The average molecular weight is 282 g/mol. The Morgan fingerprint density at radius 2 is 2.30 bits per heavy atom. The summed E-state index contributed by atoms with van der Waals surface area (Å²) in [5.74, 6) is 0.823. The lowest BCUT2D eigenvalue weighted by Gasteiger charge is -2.35. The maximum absolute atomic E-state index is 10.4. The van der Waals surface area contributed by atoms with Crippen LogP contribution in [0.2, 0.25) is 0 Å². The van der Waals surface area contributed by atoms with Crippen LogP contribution in [0.4, 0.5) is 0 Å². The summed E-state index contributed by atoms with van der Waals surface area (Å²) in [6, 6.07) is 0.253. The third-order valence-electron chi connectivity index (χ3n) is 3.67. The second-order valence-corrected chi connectivity index (χ2v) is 5.70. The predicted molar refractivity (Wildman–Crippen MR) is 76.6 cm³/mol. The molecule has 2 unspecified atom stereocenters. The first kappa shape index (κ1) is 15.4. The van der Waals surface area contributed by atoms with Crippen molar-refractivity contribution in [2.75, 3.05) is 26.2 Å². The zero-order chi connectivity index (χ0) is 14.5. The Kier molecular flexibility index (Phi) is 5.51. The molecule has 20 heavy (non-hydrogen) atoms. The van der Waals surface area contributed by atoms with Gasteiger partial charge in [0.15, 0.2) is 0 Å². The van der Waals surface area contributed by atoms with Crippen LogP contribution in [0, 0.1) is 0 Å². The Morgan fingerprint density at radius 1 is 1.50 bits per heavy atom. The molecule has 2 rings (SSSR count). The van der Waals surface area contributed by atoms with Gasteiger partial charge in [0.25, 0.3) is 0 Å². The molecule has 1 aromatic rings. The maximum atomic E-state index is 10.4. The van der Waals surface area contributed by atoms with E-state index in [1.165, 1.54) is 0 Å². The third-order valence-corrected chi connectivity index (χ3v) is 3.67. The summed E-state index contributed by atoms with van der Waals surface area (Å²) < 4.78 is 7.57. The van der Waals surface area contributed by atoms with Gasteiger partial charge >= 0.3 is 0 Å². The Bertz CT molecular complexity index is 406. The Balaban J connectivity index is 1.93. The van der Waals surface area contributed by atoms with Crippen molar-refractivity contribution in [3.63, 3.8) is 0 Å². The SMILES string of the molecule is CCCN1CCOC(C(O)Cc2ncnn2C(C)C)C1. The molecule has 0 spiro atoms. The zero-order valence-corrected chi connectivity index (χ0v) is 12.7. The first-order chi connectivity index (χ1) is 9.61. The normalized spacial score (nSPS) is 22.4. The Hall–Kier alpha value is -0.980. The molecule has 114 valence electrons. The van der Waals surface area contributed by atoms with Gasteiger partial charge in [-0.25, -0.2) is 9.67 Å². The van der Waals surface area contributed by atoms with Gasteiger partial charge in [-0.15, -0.1) is 0 Å². The molecule has 6 nitrogen and oxygen atoms in total. The van der Waals surface area contributed by atoms with Gasteiger partial charge in [0.2, 0.25) is 0 Å². The lowest BCUT2D eigenvalue weighted by Crippen LogP contribution is -2.48. The minimum Gasteiger partial charge on any atom is -0.390 e. The van der Waals surface area contributed by atoms with Crippen LogP contribution in [0.15, 0.2) is 6.33 Å². The molecule has 0 amide bonds. The van der Waals surface area contributed by atoms with Crippen LogP contribution in [0.25, 0.3) is 0 Å². The topological polar surface area (TPSA) is 63.4 Å². The van der Waals surface area contributed by atoms with Crippen LogP contribution < -0.4 is 0 Å². The second-order valence-electron chi connectivity index (χ2n) is 5.70. The second kappa shape index (κ2) is 7.15. The minimum atomic E-state index is -0.531. The van der Waals surface area contributed by atoms with Crippen LogP contribution in [0.5, 0.6) is 0 Å². The number of hydrogen-bond donors (Lipinski definition) is 1. The minimum absolute atomic E-state index is 0.132. The van der Waals surface area contributed by atoms with Gasteiger partial charge in [0.05, 0.1) is 18.8 Å². The molecule has 2 heterocycles. The molecule has 2 atom stereocenters. The van der Waals surface area contributed by atoms with E-state index in [0.717, 1.165) is 31.9 Å². The fourth-order valence-electron chi connectivity index (χ4n) is 2.65. The van der Waals surface area contributed by atoms with Crippen LogP contribution in [-0.4, -0.2) is 63.2 Å². The smallest absolute Gasteiger partial charge is 0.138 e. The summed E-state index contributed by atoms with van der Waals surface area (Å²) in [6.45, 7) is 9.80. The number of rotatable bonds is 6. The summed E-state index contributed by atoms with van der Waals surface area (Å²) in [5, 5.41) is 14.6. The molecule has 1 fully saturated rings. The van der Waals surface area contributed by atoms with Gasteiger partial charge in [0.1, 0.15) is 12.2 Å². The first-order valence-corrected chi connectivity index (χ1v) is 7.52. The van der Waals surface area contributed by atoms with E-state index in [-0.39, 0.29) is 12.1 Å². The Labute approximate surface area is 120 Å². The predicted octanol–water partition coefficient (Wildman–Crippen LogP) is 0.873. The molecular formula is C14H26N4O2. The van der Waals surface area contributed by atoms with Crippen molar-refractivity contribution < 1.29 is 9.84 Å². The van der Waals surface area contributed by atoms with E-state index in [4.69, 9.17) is 4.74 Å². The number of hydrogen-bond acceptors (Lipinski definition) is 5. The number of aromatic nitrogens is 3. The van der Waals surface area contributed by atoms with Gasteiger partial charge in [-0.05, 0) is 26.8 Å². The molecule has 6 heteroatoms. The molecular weight excluding hydrogens is 256 g/mol. The lowest BCUT2D eigenvalue weighted by atomic mass is 10.1. The molecule has 1 saturated heterocycles. The van der Waals surface area contributed by atoms with Crippen LogP contribution in [0.3, 0.4) is 0 Å². The van der Waals surface area contributed by atoms with Gasteiger partial charge in [0, 0.05) is 25.6 Å². The molecule has 0 aliphatic carbocycles. The van der Waals surface area contributed by atoms with E-state index < -0.39 is 6.10 Å². The highest BCUT2D eigenvalue weighted by Crippen LogP contribution is 2.14. The van der Waals surface area contributed by atoms with Crippen LogP contribution >= 0.6 is 0 Å². The number of ether oxygens (including phenoxy) is 1. The zero-order valence-electron chi connectivity index (χ0n) is 12.7. The summed E-state index contributed by atoms with van der Waals surface area (Å²) in [5.41, 5.74) is 0. The molecule has 0 bridgehead atoms. The van der Waals surface area contributed by atoms with Crippen molar-refractivity contribution in [1.29, 1.82) is 0 Å². The molecule has 1 N–H and O–H groups in total. The molecule has 1 aliphatic rings. The van der Waals surface area contributed by atoms with Gasteiger partial charge in [-0.1, -0.05) is 6.92 Å². The molecule has 1 aliphatic heterocycles. The molecule has 1 aromatic heterocycles. The van der Waals surface area contributed by atoms with E-state index in [0.29, 0.717) is 13.0 Å². The van der Waals surface area contributed by atoms with Gasteiger partial charge in [-0.3, -0.25) is 4.90 Å². The largest absolute Gasteiger partial charge is 0.390 e. The van der Waals surface area contributed by atoms with Crippen molar-refractivity contribution >= 4 is 0 Å². The van der Waals surface area contributed by atoms with Crippen molar-refractivity contribution in [2.24, 2.45) is 0 Å². The summed E-state index contributed by atoms with van der Waals surface area (Å²) in [4.78, 5) is 6.60. The number of aliphatic hydroxyl groups excluding tert-OH is 1. The van der Waals surface area contributed by atoms with Crippen molar-refractivity contribution in [1.82, 2.24) is 19.7 Å². The highest BCUT2D eigenvalue weighted by Gasteiger charge is 2.28. The van der Waals surface area contributed by atoms with E-state index >= 15 is 0 Å². The fraction of sp³-hybridized carbons (Fsp3) is 0.857. The van der Waals surface area contributed by atoms with Crippen LogP contribution in [0.1, 0.15) is 39.1 Å². The average Bonchev–Trinajstić information content (AvgIpc) is 2.88. The molecule has 0 aromatic carbocycles. The van der Waals surface area contributed by atoms with Gasteiger partial charge < -0.3 is 9.84 Å². The first-order valence-electron chi connectivity index (χ1n) is 7.52. The van der Waals surface area contributed by atoms with E-state index in [9.17, 15) is 5.11 Å². The number of aliphatic hydroxyl groups is 1. The summed E-state index contributed by atoms with van der Waals surface area (Å²) in [6.07, 6.45) is 2.50. The monoisotopic (exact) mass is 282 g/mol. The molecule has 0 saturated carbocycles. The van der Waals surface area contributed by atoms with E-state index in [2.05, 4.69) is 35.8 Å². The van der Waals surface area contributed by atoms with E-state index in [1.807, 2.05) is 4.68 Å². The molecule has 0 radical (unpaired) electrons. The van der Waals surface area contributed by atoms with Crippen molar-refractivity contribution in [3.8, 4) is 0 Å². The van der Waals surface area contributed by atoms with Crippen LogP contribution in [-0.2, 0) is 11.2 Å².